The standard InChI is InChI=1S/C9H15NO3/c1-3-4-10-6(2)7(9(12)13)5-8(10)11/h6-7H,3-5H2,1-2H3,(H,12,13)/t6-,7+/m1/s1. The average Bonchev–Trinajstić information content (AvgIpc) is 2.32. The third-order valence-corrected chi connectivity index (χ3v) is 2.57. The highest BCUT2D eigenvalue weighted by Gasteiger charge is 2.40. The highest BCUT2D eigenvalue weighted by atomic mass is 16.4. The van der Waals surface area contributed by atoms with E-state index in [0.29, 0.717) is 6.54 Å². The molecule has 1 N–H and O–H groups in total. The maximum absolute atomic E-state index is 11.4. The number of amides is 1. The Bertz CT molecular complexity index is 227. The molecule has 13 heavy (non-hydrogen) atoms. The molecule has 0 bridgehead atoms. The summed E-state index contributed by atoms with van der Waals surface area (Å²) in [6, 6.07) is -0.148. The van der Waals surface area contributed by atoms with Crippen LogP contribution in [0.15, 0.2) is 0 Å². The first kappa shape index (κ1) is 10.0. The molecule has 1 amide bonds. The number of carboxylic acid groups (broad SMARTS) is 1. The zero-order chi connectivity index (χ0) is 10.0. The lowest BCUT2D eigenvalue weighted by atomic mass is 10.0. The Balaban J connectivity index is 2.69. The highest BCUT2D eigenvalue weighted by molar-refractivity contribution is 5.86. The minimum absolute atomic E-state index is 0.0262. The van der Waals surface area contributed by atoms with Gasteiger partial charge in [0.15, 0.2) is 0 Å². The fourth-order valence-electron chi connectivity index (χ4n) is 1.78. The van der Waals surface area contributed by atoms with Crippen LogP contribution in [0.1, 0.15) is 26.7 Å². The molecule has 0 radical (unpaired) electrons. The third kappa shape index (κ3) is 1.82. The Hall–Kier alpha value is -1.06. The van der Waals surface area contributed by atoms with Gasteiger partial charge in [-0.3, -0.25) is 9.59 Å². The number of rotatable bonds is 3. The van der Waals surface area contributed by atoms with E-state index in [0.717, 1.165) is 6.42 Å². The largest absolute Gasteiger partial charge is 0.481 e. The Morgan fingerprint density at radius 1 is 1.69 bits per heavy atom. The minimum Gasteiger partial charge on any atom is -0.481 e. The predicted octanol–water partition coefficient (Wildman–Crippen LogP) is 0.718. The van der Waals surface area contributed by atoms with E-state index in [4.69, 9.17) is 5.11 Å². The van der Waals surface area contributed by atoms with Crippen molar-refractivity contribution in [2.45, 2.75) is 32.7 Å². The summed E-state index contributed by atoms with van der Waals surface area (Å²) in [5, 5.41) is 8.81. The van der Waals surface area contributed by atoms with Crippen molar-refractivity contribution in [2.75, 3.05) is 6.54 Å². The maximum atomic E-state index is 11.4. The van der Waals surface area contributed by atoms with Gasteiger partial charge in [-0.2, -0.15) is 0 Å². The summed E-state index contributed by atoms with van der Waals surface area (Å²) in [4.78, 5) is 23.7. The molecule has 0 aromatic rings. The van der Waals surface area contributed by atoms with Gasteiger partial charge in [0, 0.05) is 19.0 Å². The molecular formula is C9H15NO3. The predicted molar refractivity (Wildman–Crippen MR) is 47.2 cm³/mol. The van der Waals surface area contributed by atoms with E-state index >= 15 is 0 Å². The van der Waals surface area contributed by atoms with Crippen LogP contribution in [0.4, 0.5) is 0 Å². The van der Waals surface area contributed by atoms with Crippen molar-refractivity contribution in [1.29, 1.82) is 0 Å². The first-order chi connectivity index (χ1) is 6.07. The van der Waals surface area contributed by atoms with Crippen LogP contribution in [0, 0.1) is 5.92 Å². The number of hydrogen-bond donors (Lipinski definition) is 1. The quantitative estimate of drug-likeness (QED) is 0.704. The molecule has 0 spiro atoms. The second-order valence-electron chi connectivity index (χ2n) is 3.48. The molecule has 1 fully saturated rings. The molecule has 1 aliphatic heterocycles. The van der Waals surface area contributed by atoms with Gasteiger partial charge >= 0.3 is 5.97 Å². The summed E-state index contributed by atoms with van der Waals surface area (Å²) >= 11 is 0. The zero-order valence-electron chi connectivity index (χ0n) is 7.99. The molecule has 0 saturated carbocycles. The van der Waals surface area contributed by atoms with Crippen molar-refractivity contribution in [2.24, 2.45) is 5.92 Å². The molecule has 2 atom stereocenters. The van der Waals surface area contributed by atoms with Gasteiger partial charge < -0.3 is 10.0 Å². The molecule has 0 aliphatic carbocycles. The molecule has 0 aromatic carbocycles. The minimum atomic E-state index is -0.862. The molecule has 74 valence electrons. The van der Waals surface area contributed by atoms with Crippen LogP contribution < -0.4 is 0 Å². The van der Waals surface area contributed by atoms with Crippen molar-refractivity contribution in [3.05, 3.63) is 0 Å². The van der Waals surface area contributed by atoms with Crippen molar-refractivity contribution < 1.29 is 14.7 Å². The zero-order valence-corrected chi connectivity index (χ0v) is 7.99. The van der Waals surface area contributed by atoms with Crippen LogP contribution in [0.3, 0.4) is 0 Å². The van der Waals surface area contributed by atoms with E-state index in [1.807, 2.05) is 6.92 Å². The lowest BCUT2D eigenvalue weighted by molar-refractivity contribution is -0.142. The number of likely N-dealkylation sites (tertiary alicyclic amines) is 1. The van der Waals surface area contributed by atoms with Gasteiger partial charge in [-0.1, -0.05) is 6.92 Å². The van der Waals surface area contributed by atoms with E-state index in [1.165, 1.54) is 0 Å². The number of hydrogen-bond acceptors (Lipinski definition) is 2. The van der Waals surface area contributed by atoms with E-state index in [-0.39, 0.29) is 18.4 Å². The van der Waals surface area contributed by atoms with Crippen molar-refractivity contribution in [3.63, 3.8) is 0 Å². The number of aliphatic carboxylic acids is 1. The van der Waals surface area contributed by atoms with Gasteiger partial charge in [-0.25, -0.2) is 0 Å². The van der Waals surface area contributed by atoms with Crippen LogP contribution >= 0.6 is 0 Å². The number of nitrogens with zero attached hydrogens (tertiary/aromatic N) is 1. The Morgan fingerprint density at radius 3 is 2.69 bits per heavy atom. The summed E-state index contributed by atoms with van der Waals surface area (Å²) in [5.74, 6) is -1.40. The summed E-state index contributed by atoms with van der Waals surface area (Å²) in [5.41, 5.74) is 0. The van der Waals surface area contributed by atoms with Gasteiger partial charge in [0.05, 0.1) is 5.92 Å². The van der Waals surface area contributed by atoms with E-state index in [9.17, 15) is 9.59 Å². The van der Waals surface area contributed by atoms with Gasteiger partial charge in [0.1, 0.15) is 0 Å². The smallest absolute Gasteiger partial charge is 0.309 e. The van der Waals surface area contributed by atoms with Crippen LogP contribution in [-0.2, 0) is 9.59 Å². The summed E-state index contributed by atoms with van der Waals surface area (Å²) < 4.78 is 0. The van der Waals surface area contributed by atoms with Crippen LogP contribution in [0.2, 0.25) is 0 Å². The Kier molecular flexibility index (Phi) is 2.90. The van der Waals surface area contributed by atoms with Crippen molar-refractivity contribution >= 4 is 11.9 Å². The van der Waals surface area contributed by atoms with E-state index in [2.05, 4.69) is 0 Å². The second kappa shape index (κ2) is 3.77. The van der Waals surface area contributed by atoms with Crippen LogP contribution in [0.25, 0.3) is 0 Å². The lowest BCUT2D eigenvalue weighted by Gasteiger charge is -2.22. The first-order valence-electron chi connectivity index (χ1n) is 4.60. The molecular weight excluding hydrogens is 170 g/mol. The molecule has 0 aromatic heterocycles. The third-order valence-electron chi connectivity index (χ3n) is 2.57. The van der Waals surface area contributed by atoms with Crippen LogP contribution in [0.5, 0.6) is 0 Å². The van der Waals surface area contributed by atoms with Gasteiger partial charge in [0.25, 0.3) is 0 Å². The molecule has 0 unspecified atom stereocenters. The normalized spacial score (nSPS) is 28.2. The first-order valence-corrected chi connectivity index (χ1v) is 4.60. The molecule has 1 heterocycles. The number of carbonyl (C=O) groups excluding carboxylic acids is 1. The fourth-order valence-corrected chi connectivity index (χ4v) is 1.78. The van der Waals surface area contributed by atoms with Gasteiger partial charge in [0.2, 0.25) is 5.91 Å². The summed E-state index contributed by atoms with van der Waals surface area (Å²) in [6.07, 6.45) is 1.04. The van der Waals surface area contributed by atoms with E-state index in [1.54, 1.807) is 11.8 Å². The van der Waals surface area contributed by atoms with Crippen LogP contribution in [-0.4, -0.2) is 34.5 Å². The molecule has 1 rings (SSSR count). The highest BCUT2D eigenvalue weighted by Crippen LogP contribution is 2.25. The fraction of sp³-hybridized carbons (Fsp3) is 0.778. The average molecular weight is 185 g/mol. The molecule has 4 nitrogen and oxygen atoms in total. The summed E-state index contributed by atoms with van der Waals surface area (Å²) in [7, 11) is 0. The van der Waals surface area contributed by atoms with E-state index < -0.39 is 11.9 Å². The topological polar surface area (TPSA) is 57.6 Å². The molecule has 1 aliphatic rings. The summed E-state index contributed by atoms with van der Waals surface area (Å²) in [6.45, 7) is 4.46. The number of carboxylic acids is 1. The molecule has 1 saturated heterocycles. The second-order valence-corrected chi connectivity index (χ2v) is 3.48. The Labute approximate surface area is 77.5 Å². The Morgan fingerprint density at radius 2 is 2.31 bits per heavy atom. The SMILES string of the molecule is CCCN1C(=O)C[C@H](C(=O)O)[C@H]1C. The van der Waals surface area contributed by atoms with Crippen molar-refractivity contribution in [3.8, 4) is 0 Å². The van der Waals surface area contributed by atoms with Gasteiger partial charge in [-0.15, -0.1) is 0 Å². The molecule has 4 heteroatoms. The monoisotopic (exact) mass is 185 g/mol. The van der Waals surface area contributed by atoms with Gasteiger partial charge in [-0.05, 0) is 13.3 Å². The maximum Gasteiger partial charge on any atom is 0.309 e. The lowest BCUT2D eigenvalue weighted by Crippen LogP contribution is -2.35. The van der Waals surface area contributed by atoms with Crippen molar-refractivity contribution in [1.82, 2.24) is 4.90 Å². The number of carbonyl (C=O) groups is 2.